The molecule has 0 spiro atoms. The number of hydrogen-bond acceptors (Lipinski definition) is 8. The van der Waals surface area contributed by atoms with E-state index in [9.17, 15) is 0 Å². The maximum absolute atomic E-state index is 8.52. The van der Waals surface area contributed by atoms with Crippen LogP contribution in [0.1, 0.15) is 0 Å². The largest absolute Gasteiger partial charge is 3.00 e. The SMILES string of the molecule is O=S(=O)([O-])[O-].O=S(=O)([O-])[O-].[F].[Fe+3].[Li+]. The molecule has 0 rings (SSSR count). The molecule has 13 heteroatoms. The van der Waals surface area contributed by atoms with E-state index in [1.165, 1.54) is 0 Å². The average molecular weight is 274 g/mol. The summed E-state index contributed by atoms with van der Waals surface area (Å²) in [6.07, 6.45) is 0. The van der Waals surface area contributed by atoms with Crippen LogP contribution in [0.25, 0.3) is 0 Å². The van der Waals surface area contributed by atoms with Crippen molar-refractivity contribution in [3.8, 4) is 0 Å². The molecule has 0 aromatic rings. The Hall–Kier alpha value is 0.787. The Balaban J connectivity index is -0.0000000267. The second-order valence-corrected chi connectivity index (χ2v) is 2.45. The van der Waals surface area contributed by atoms with Crippen molar-refractivity contribution >= 4 is 20.8 Å². The summed E-state index contributed by atoms with van der Waals surface area (Å²) in [4.78, 5) is 0. The van der Waals surface area contributed by atoms with Crippen LogP contribution in [0.5, 0.6) is 0 Å². The predicted octanol–water partition coefficient (Wildman–Crippen LogP) is -5.25. The number of rotatable bonds is 0. The summed E-state index contributed by atoms with van der Waals surface area (Å²) >= 11 is 0. The Bertz CT molecular complexity index is 219. The van der Waals surface area contributed by atoms with E-state index in [0.717, 1.165) is 0 Å². The molecule has 0 aliphatic rings. The minimum absolute atomic E-state index is 0. The second kappa shape index (κ2) is 10.9. The molecule has 0 amide bonds. The third-order valence-corrected chi connectivity index (χ3v) is 0. The molecule has 0 bridgehead atoms. The smallest absolute Gasteiger partial charge is 0.759 e. The van der Waals surface area contributed by atoms with Gasteiger partial charge in [0.15, 0.2) is 0 Å². The van der Waals surface area contributed by atoms with Gasteiger partial charge in [0.05, 0.1) is 0 Å². The van der Waals surface area contributed by atoms with Crippen molar-refractivity contribution in [2.24, 2.45) is 0 Å². The third kappa shape index (κ3) is 2400. The van der Waals surface area contributed by atoms with Crippen LogP contribution >= 0.6 is 0 Å². The summed E-state index contributed by atoms with van der Waals surface area (Å²) in [5.41, 5.74) is 0. The molecule has 0 aliphatic heterocycles. The molecule has 0 heterocycles. The van der Waals surface area contributed by atoms with E-state index in [4.69, 9.17) is 35.0 Å². The molecule has 8 nitrogen and oxygen atoms in total. The van der Waals surface area contributed by atoms with Gasteiger partial charge >= 0.3 is 35.9 Å². The fourth-order valence-electron chi connectivity index (χ4n) is 0. The summed E-state index contributed by atoms with van der Waals surface area (Å²) in [6, 6.07) is 0. The van der Waals surface area contributed by atoms with Crippen molar-refractivity contribution in [2.45, 2.75) is 0 Å². The molecule has 0 saturated carbocycles. The molecule has 0 atom stereocenters. The minimum atomic E-state index is -5.17. The van der Waals surface area contributed by atoms with E-state index in [-0.39, 0.29) is 40.6 Å². The van der Waals surface area contributed by atoms with Crippen molar-refractivity contribution in [2.75, 3.05) is 0 Å². The summed E-state index contributed by atoms with van der Waals surface area (Å²) in [5.74, 6) is 0. The molecule has 0 fully saturated rings. The average Bonchev–Trinajstić information content (AvgIpc) is 1.12. The van der Waals surface area contributed by atoms with Gasteiger partial charge in [0.1, 0.15) is 0 Å². The molecule has 0 N–H and O–H groups in total. The first-order valence-corrected chi connectivity index (χ1v) is 4.00. The van der Waals surface area contributed by atoms with Gasteiger partial charge < -0.3 is 18.2 Å². The fourth-order valence-corrected chi connectivity index (χ4v) is 0. The van der Waals surface area contributed by atoms with Crippen LogP contribution in [0.3, 0.4) is 0 Å². The van der Waals surface area contributed by atoms with Crippen LogP contribution in [0.15, 0.2) is 0 Å². The fraction of sp³-hybridized carbons (Fsp3) is 0. The Morgan fingerprint density at radius 1 is 0.692 bits per heavy atom. The van der Waals surface area contributed by atoms with E-state index in [2.05, 4.69) is 0 Å². The molecule has 0 aliphatic carbocycles. The minimum Gasteiger partial charge on any atom is -0.759 e. The van der Waals surface area contributed by atoms with Gasteiger partial charge in [-0.1, -0.05) is 0 Å². The van der Waals surface area contributed by atoms with Crippen LogP contribution in [0.4, 0.5) is 4.70 Å². The van der Waals surface area contributed by atoms with Gasteiger partial charge in [0.2, 0.25) is 0 Å². The first-order chi connectivity index (χ1) is 4.00. The van der Waals surface area contributed by atoms with Gasteiger partial charge in [-0.15, -0.1) is 0 Å². The normalized spacial score (nSPS) is 8.92. The van der Waals surface area contributed by atoms with Crippen molar-refractivity contribution in [3.05, 3.63) is 0 Å². The standard InChI is InChI=1S/F.Fe.Li.2H2O4S/c;;;2*1-5(2,3)4/h;;;2*(H2,1,2,3,4)/q;+3;+1;;/p-4. The molecule has 0 aromatic carbocycles. The van der Waals surface area contributed by atoms with E-state index >= 15 is 0 Å². The van der Waals surface area contributed by atoms with E-state index in [1.807, 2.05) is 0 Å². The topological polar surface area (TPSA) is 161 Å². The zero-order valence-electron chi connectivity index (χ0n) is 5.81. The molecule has 0 saturated heterocycles. The zero-order valence-corrected chi connectivity index (χ0v) is 8.55. The Kier molecular flexibility index (Phi) is 24.4. The zero-order chi connectivity index (χ0) is 9.00. The van der Waals surface area contributed by atoms with Gasteiger partial charge in [0.25, 0.3) is 0 Å². The summed E-state index contributed by atoms with van der Waals surface area (Å²) in [7, 11) is -10.3. The molecular formula is FFeLiO8S2. The molecule has 0 aromatic heterocycles. The third-order valence-electron chi connectivity index (χ3n) is 0. The molecular weight excluding hydrogens is 274 g/mol. The molecule has 2 radical (unpaired) electrons. The maximum atomic E-state index is 8.52. The van der Waals surface area contributed by atoms with Crippen molar-refractivity contribution in [3.63, 3.8) is 0 Å². The van der Waals surface area contributed by atoms with Crippen LogP contribution < -0.4 is 18.9 Å². The second-order valence-electron chi connectivity index (χ2n) is 0.816. The van der Waals surface area contributed by atoms with Crippen LogP contribution in [-0.2, 0) is 37.9 Å². The van der Waals surface area contributed by atoms with Gasteiger partial charge in [-0.25, -0.2) is 0 Å². The van der Waals surface area contributed by atoms with Gasteiger partial charge in [-0.2, -0.15) is 0 Å². The Morgan fingerprint density at radius 3 is 0.692 bits per heavy atom. The first-order valence-electron chi connectivity index (χ1n) is 1.33. The van der Waals surface area contributed by atoms with Crippen molar-refractivity contribution < 1.29 is 75.7 Å². The van der Waals surface area contributed by atoms with Crippen LogP contribution in [0.2, 0.25) is 0 Å². The summed E-state index contributed by atoms with van der Waals surface area (Å²) in [6.45, 7) is 0. The Labute approximate surface area is 96.3 Å². The summed E-state index contributed by atoms with van der Waals surface area (Å²) in [5, 5.41) is 0. The van der Waals surface area contributed by atoms with Crippen LogP contribution in [0, 0.1) is 0 Å². The summed E-state index contributed by atoms with van der Waals surface area (Å²) < 4.78 is 68.2. The van der Waals surface area contributed by atoms with Crippen molar-refractivity contribution in [1.82, 2.24) is 0 Å². The number of hydrogen-bond donors (Lipinski definition) is 0. The van der Waals surface area contributed by atoms with Crippen molar-refractivity contribution in [1.29, 1.82) is 0 Å². The van der Waals surface area contributed by atoms with Gasteiger partial charge in [-0.3, -0.25) is 16.8 Å². The van der Waals surface area contributed by atoms with Gasteiger partial charge in [-0.05, 0) is 0 Å². The number of halogens is 1. The van der Waals surface area contributed by atoms with Crippen LogP contribution in [-0.4, -0.2) is 35.0 Å². The maximum Gasteiger partial charge on any atom is 3.00 e. The van der Waals surface area contributed by atoms with E-state index < -0.39 is 20.8 Å². The molecule has 0 unspecified atom stereocenters. The Morgan fingerprint density at radius 2 is 0.692 bits per heavy atom. The van der Waals surface area contributed by atoms with E-state index in [1.54, 1.807) is 0 Å². The molecule has 76 valence electrons. The predicted molar refractivity (Wildman–Crippen MR) is 22.1 cm³/mol. The quantitative estimate of drug-likeness (QED) is 0.240. The van der Waals surface area contributed by atoms with Gasteiger partial charge in [0, 0.05) is 25.5 Å². The molecule has 13 heavy (non-hydrogen) atoms. The first kappa shape index (κ1) is 29.2. The van der Waals surface area contributed by atoms with E-state index in [0.29, 0.717) is 0 Å². The monoisotopic (exact) mass is 274 g/mol.